The van der Waals surface area contributed by atoms with Gasteiger partial charge in [-0.2, -0.15) is 0 Å². The Morgan fingerprint density at radius 1 is 1.03 bits per heavy atom. The number of hydrogen-bond acceptors (Lipinski definition) is 3. The van der Waals surface area contributed by atoms with E-state index in [4.69, 9.17) is 0 Å². The lowest BCUT2D eigenvalue weighted by atomic mass is 9.87. The lowest BCUT2D eigenvalue weighted by Crippen LogP contribution is -2.28. The van der Waals surface area contributed by atoms with Crippen molar-refractivity contribution >= 4 is 35.0 Å². The summed E-state index contributed by atoms with van der Waals surface area (Å²) >= 11 is 1.46. The Hall–Kier alpha value is -3.12. The molecule has 0 aliphatic carbocycles. The van der Waals surface area contributed by atoms with E-state index in [0.29, 0.717) is 22.7 Å². The third kappa shape index (κ3) is 4.96. The SMILES string of the molecule is Cc1ccc(F)c(N2C(=O)CS[C@@H]2c2ccc(NC(=O)c3ccc(C(C)(C)C)cc3)cc2)c1. The van der Waals surface area contributed by atoms with Crippen LogP contribution >= 0.6 is 11.8 Å². The molecule has 0 saturated carbocycles. The normalized spacial score (nSPS) is 16.2. The number of anilines is 2. The molecule has 1 aliphatic heterocycles. The summed E-state index contributed by atoms with van der Waals surface area (Å²) in [7, 11) is 0. The molecule has 3 aromatic rings. The van der Waals surface area contributed by atoms with E-state index in [0.717, 1.165) is 11.1 Å². The summed E-state index contributed by atoms with van der Waals surface area (Å²) in [5.74, 6) is -0.424. The fourth-order valence-corrected chi connectivity index (χ4v) is 4.96. The Labute approximate surface area is 198 Å². The average molecular weight is 463 g/mol. The van der Waals surface area contributed by atoms with Gasteiger partial charge in [0, 0.05) is 11.3 Å². The van der Waals surface area contributed by atoms with Crippen molar-refractivity contribution in [2.75, 3.05) is 16.0 Å². The zero-order chi connectivity index (χ0) is 23.8. The molecule has 0 aromatic heterocycles. The molecule has 0 radical (unpaired) electrons. The van der Waals surface area contributed by atoms with Gasteiger partial charge >= 0.3 is 0 Å². The van der Waals surface area contributed by atoms with E-state index in [9.17, 15) is 14.0 Å². The van der Waals surface area contributed by atoms with Crippen molar-refractivity contribution in [1.29, 1.82) is 0 Å². The number of benzene rings is 3. The minimum absolute atomic E-state index is 0.0275. The van der Waals surface area contributed by atoms with Crippen molar-refractivity contribution in [2.45, 2.75) is 38.5 Å². The first-order valence-corrected chi connectivity index (χ1v) is 11.9. The first kappa shape index (κ1) is 23.1. The Kier molecular flexibility index (Phi) is 6.30. The predicted molar refractivity (Wildman–Crippen MR) is 133 cm³/mol. The second-order valence-corrected chi connectivity index (χ2v) is 10.4. The highest BCUT2D eigenvalue weighted by Gasteiger charge is 2.35. The molecule has 0 spiro atoms. The lowest BCUT2D eigenvalue weighted by molar-refractivity contribution is -0.115. The zero-order valence-electron chi connectivity index (χ0n) is 19.2. The number of halogens is 1. The summed E-state index contributed by atoms with van der Waals surface area (Å²) < 4.78 is 14.5. The maximum absolute atomic E-state index is 14.5. The highest BCUT2D eigenvalue weighted by molar-refractivity contribution is 8.00. The minimum Gasteiger partial charge on any atom is -0.322 e. The van der Waals surface area contributed by atoms with Gasteiger partial charge in [0.1, 0.15) is 11.2 Å². The van der Waals surface area contributed by atoms with Crippen LogP contribution in [0.15, 0.2) is 66.7 Å². The third-order valence-corrected chi connectivity index (χ3v) is 6.91. The molecular formula is C27H27FN2O2S. The Morgan fingerprint density at radius 2 is 1.70 bits per heavy atom. The molecule has 1 atom stereocenters. The monoisotopic (exact) mass is 462 g/mol. The van der Waals surface area contributed by atoms with Crippen LogP contribution < -0.4 is 10.2 Å². The van der Waals surface area contributed by atoms with Crippen molar-refractivity contribution in [3.8, 4) is 0 Å². The molecule has 1 heterocycles. The summed E-state index contributed by atoms with van der Waals surface area (Å²) in [5.41, 5.74) is 4.51. The van der Waals surface area contributed by atoms with Crippen molar-refractivity contribution in [1.82, 2.24) is 0 Å². The van der Waals surface area contributed by atoms with Crippen LogP contribution in [0, 0.1) is 12.7 Å². The van der Waals surface area contributed by atoms with Gasteiger partial charge in [0.2, 0.25) is 5.91 Å². The standard InChI is InChI=1S/C27H27FN2O2S/c1-17-5-14-22(28)23(15-17)30-24(31)16-33-26(30)19-8-12-21(13-9-19)29-25(32)18-6-10-20(11-7-18)27(2,3)4/h5-15,26H,16H2,1-4H3,(H,29,32)/t26-/m1/s1. The van der Waals surface area contributed by atoms with Crippen molar-refractivity contribution in [2.24, 2.45) is 0 Å². The van der Waals surface area contributed by atoms with E-state index in [2.05, 4.69) is 26.1 Å². The molecule has 6 heteroatoms. The molecule has 170 valence electrons. The van der Waals surface area contributed by atoms with Crippen molar-refractivity contribution in [3.63, 3.8) is 0 Å². The fourth-order valence-electron chi connectivity index (χ4n) is 3.79. The minimum atomic E-state index is -0.414. The summed E-state index contributed by atoms with van der Waals surface area (Å²) in [4.78, 5) is 26.7. The second kappa shape index (κ2) is 9.02. The number of thioether (sulfide) groups is 1. The fraction of sp³-hybridized carbons (Fsp3) is 0.259. The Bertz CT molecular complexity index is 1180. The molecular weight excluding hydrogens is 435 g/mol. The maximum Gasteiger partial charge on any atom is 0.255 e. The number of nitrogens with zero attached hydrogens (tertiary/aromatic N) is 1. The summed E-state index contributed by atoms with van der Waals surface area (Å²) in [6, 6.07) is 19.8. The van der Waals surface area contributed by atoms with Crippen LogP contribution in [0.3, 0.4) is 0 Å². The molecule has 1 N–H and O–H groups in total. The molecule has 33 heavy (non-hydrogen) atoms. The van der Waals surface area contributed by atoms with Gasteiger partial charge in [-0.05, 0) is 65.4 Å². The van der Waals surface area contributed by atoms with Gasteiger partial charge in [-0.3, -0.25) is 14.5 Å². The molecule has 1 aliphatic rings. The lowest BCUT2D eigenvalue weighted by Gasteiger charge is -2.25. The van der Waals surface area contributed by atoms with Gasteiger partial charge in [-0.25, -0.2) is 4.39 Å². The van der Waals surface area contributed by atoms with Crippen LogP contribution in [0.5, 0.6) is 0 Å². The summed E-state index contributed by atoms with van der Waals surface area (Å²) in [6.45, 7) is 8.27. The van der Waals surface area contributed by atoms with Crippen LogP contribution in [-0.2, 0) is 10.2 Å². The summed E-state index contributed by atoms with van der Waals surface area (Å²) in [5, 5.41) is 2.60. The number of nitrogens with one attached hydrogen (secondary N) is 1. The maximum atomic E-state index is 14.5. The van der Waals surface area contributed by atoms with Crippen molar-refractivity contribution in [3.05, 3.63) is 94.8 Å². The van der Waals surface area contributed by atoms with E-state index in [1.165, 1.54) is 28.3 Å². The molecule has 0 bridgehead atoms. The largest absolute Gasteiger partial charge is 0.322 e. The van der Waals surface area contributed by atoms with Crippen LogP contribution in [0.2, 0.25) is 0 Å². The molecule has 1 fully saturated rings. The van der Waals surface area contributed by atoms with E-state index in [1.807, 2.05) is 55.5 Å². The number of hydrogen-bond donors (Lipinski definition) is 1. The number of rotatable bonds is 4. The molecule has 2 amide bonds. The highest BCUT2D eigenvalue weighted by atomic mass is 32.2. The predicted octanol–water partition coefficient (Wildman–Crippen LogP) is 6.46. The number of carbonyl (C=O) groups excluding carboxylic acids is 2. The van der Waals surface area contributed by atoms with Crippen LogP contribution in [0.1, 0.15) is 53.2 Å². The molecule has 3 aromatic carbocycles. The van der Waals surface area contributed by atoms with E-state index >= 15 is 0 Å². The quantitative estimate of drug-likeness (QED) is 0.484. The van der Waals surface area contributed by atoms with E-state index in [1.54, 1.807) is 12.1 Å². The van der Waals surface area contributed by atoms with Gasteiger partial charge in [-0.15, -0.1) is 11.8 Å². The Morgan fingerprint density at radius 3 is 2.33 bits per heavy atom. The highest BCUT2D eigenvalue weighted by Crippen LogP contribution is 2.43. The van der Waals surface area contributed by atoms with Crippen LogP contribution in [0.4, 0.5) is 15.8 Å². The van der Waals surface area contributed by atoms with Gasteiger partial charge in [0.25, 0.3) is 5.91 Å². The average Bonchev–Trinajstić information content (AvgIpc) is 3.16. The topological polar surface area (TPSA) is 49.4 Å². The number of amides is 2. The first-order valence-electron chi connectivity index (χ1n) is 10.9. The summed E-state index contributed by atoms with van der Waals surface area (Å²) in [6.07, 6.45) is 0. The van der Waals surface area contributed by atoms with E-state index < -0.39 is 5.82 Å². The second-order valence-electron chi connectivity index (χ2n) is 9.29. The van der Waals surface area contributed by atoms with E-state index in [-0.39, 0.29) is 22.6 Å². The number of carbonyl (C=O) groups is 2. The zero-order valence-corrected chi connectivity index (χ0v) is 20.0. The smallest absolute Gasteiger partial charge is 0.255 e. The van der Waals surface area contributed by atoms with Crippen molar-refractivity contribution < 1.29 is 14.0 Å². The van der Waals surface area contributed by atoms with Gasteiger partial charge < -0.3 is 5.32 Å². The van der Waals surface area contributed by atoms with Crippen LogP contribution in [-0.4, -0.2) is 17.6 Å². The van der Waals surface area contributed by atoms with Crippen LogP contribution in [0.25, 0.3) is 0 Å². The van der Waals surface area contributed by atoms with Gasteiger partial charge in [-0.1, -0.05) is 51.1 Å². The molecule has 4 nitrogen and oxygen atoms in total. The molecule has 4 rings (SSSR count). The third-order valence-electron chi connectivity index (χ3n) is 5.70. The van der Waals surface area contributed by atoms with Gasteiger partial charge in [0.15, 0.2) is 0 Å². The molecule has 0 unspecified atom stereocenters. The number of aryl methyl sites for hydroxylation is 1. The van der Waals surface area contributed by atoms with Gasteiger partial charge in [0.05, 0.1) is 11.4 Å². The first-order chi connectivity index (χ1) is 15.6. The Balaban J connectivity index is 1.50. The molecule has 1 saturated heterocycles.